The van der Waals surface area contributed by atoms with Crippen LogP contribution in [-0.4, -0.2) is 21.2 Å². The zero-order valence-corrected chi connectivity index (χ0v) is 10.8. The lowest BCUT2D eigenvalue weighted by Gasteiger charge is -2.19. The maximum absolute atomic E-state index is 11.6. The highest BCUT2D eigenvalue weighted by Crippen LogP contribution is 2.13. The molecular formula is C9H13IN2O2. The van der Waals surface area contributed by atoms with Gasteiger partial charge in [0.15, 0.2) is 0 Å². The van der Waals surface area contributed by atoms with E-state index in [-0.39, 0.29) is 6.09 Å². The first-order chi connectivity index (χ1) is 6.31. The number of hydrogen-bond acceptors (Lipinski definition) is 3. The molecule has 0 N–H and O–H groups in total. The maximum atomic E-state index is 11.6. The minimum Gasteiger partial charge on any atom is -0.443 e. The molecule has 0 aromatic carbocycles. The monoisotopic (exact) mass is 308 g/mol. The predicted molar refractivity (Wildman–Crippen MR) is 61.3 cm³/mol. The van der Waals surface area contributed by atoms with Crippen LogP contribution in [0.2, 0.25) is 0 Å². The number of ether oxygens (including phenoxy) is 1. The van der Waals surface area contributed by atoms with Crippen LogP contribution in [0, 0.1) is 10.6 Å². The van der Waals surface area contributed by atoms with Crippen LogP contribution in [0.25, 0.3) is 0 Å². The standard InChI is InChI=1S/C9H13IN2O2/c1-6-7(10)11-5-12(6)8(13)14-9(2,3)4/h5H,1-4H3. The molecule has 1 heterocycles. The largest absolute Gasteiger partial charge is 0.443 e. The number of aromatic nitrogens is 2. The topological polar surface area (TPSA) is 44.1 Å². The van der Waals surface area contributed by atoms with Crippen molar-refractivity contribution in [3.05, 3.63) is 15.7 Å². The van der Waals surface area contributed by atoms with Gasteiger partial charge in [0, 0.05) is 0 Å². The minimum absolute atomic E-state index is 0.384. The van der Waals surface area contributed by atoms with E-state index in [1.54, 1.807) is 0 Å². The maximum Gasteiger partial charge on any atom is 0.420 e. The van der Waals surface area contributed by atoms with Crippen molar-refractivity contribution in [1.29, 1.82) is 0 Å². The summed E-state index contributed by atoms with van der Waals surface area (Å²) in [6.45, 7) is 7.34. The second-order valence-corrected chi connectivity index (χ2v) is 4.99. The second kappa shape index (κ2) is 3.88. The number of halogens is 1. The van der Waals surface area contributed by atoms with E-state index in [9.17, 15) is 4.79 Å². The summed E-state index contributed by atoms with van der Waals surface area (Å²) in [4.78, 5) is 15.6. The molecule has 0 saturated carbocycles. The zero-order chi connectivity index (χ0) is 10.9. The van der Waals surface area contributed by atoms with E-state index in [4.69, 9.17) is 4.74 Å². The van der Waals surface area contributed by atoms with Crippen molar-refractivity contribution in [2.24, 2.45) is 0 Å². The number of imidazole rings is 1. The Labute approximate surface area is 96.8 Å². The summed E-state index contributed by atoms with van der Waals surface area (Å²) in [5.74, 6) is 0. The molecule has 1 aromatic rings. The van der Waals surface area contributed by atoms with Gasteiger partial charge in [-0.05, 0) is 50.3 Å². The molecule has 0 aliphatic carbocycles. The van der Waals surface area contributed by atoms with Crippen molar-refractivity contribution < 1.29 is 9.53 Å². The second-order valence-electron chi connectivity index (χ2n) is 3.97. The Hall–Kier alpha value is -0.590. The number of nitrogens with zero attached hydrogens (tertiary/aromatic N) is 2. The number of carbonyl (C=O) groups is 1. The van der Waals surface area contributed by atoms with E-state index in [2.05, 4.69) is 27.6 Å². The molecule has 1 rings (SSSR count). The van der Waals surface area contributed by atoms with Crippen LogP contribution in [0.3, 0.4) is 0 Å². The van der Waals surface area contributed by atoms with Crippen molar-refractivity contribution in [3.63, 3.8) is 0 Å². The van der Waals surface area contributed by atoms with Gasteiger partial charge in [-0.15, -0.1) is 0 Å². The first-order valence-corrected chi connectivity index (χ1v) is 5.32. The van der Waals surface area contributed by atoms with Gasteiger partial charge in [-0.2, -0.15) is 0 Å². The summed E-state index contributed by atoms with van der Waals surface area (Å²) in [6.07, 6.45) is 1.09. The van der Waals surface area contributed by atoms with E-state index in [1.165, 1.54) is 10.9 Å². The fraction of sp³-hybridized carbons (Fsp3) is 0.556. The highest BCUT2D eigenvalue weighted by molar-refractivity contribution is 14.1. The smallest absolute Gasteiger partial charge is 0.420 e. The van der Waals surface area contributed by atoms with Crippen LogP contribution in [0.5, 0.6) is 0 Å². The lowest BCUT2D eigenvalue weighted by atomic mass is 10.2. The van der Waals surface area contributed by atoms with Crippen LogP contribution in [0.4, 0.5) is 4.79 Å². The Morgan fingerprint density at radius 2 is 2.14 bits per heavy atom. The van der Waals surface area contributed by atoms with Crippen LogP contribution in [0.15, 0.2) is 6.33 Å². The third-order valence-corrected chi connectivity index (χ3v) is 2.60. The van der Waals surface area contributed by atoms with Gasteiger partial charge in [0.2, 0.25) is 0 Å². The summed E-state index contributed by atoms with van der Waals surface area (Å²) in [6, 6.07) is 0. The highest BCUT2D eigenvalue weighted by Gasteiger charge is 2.19. The molecule has 4 nitrogen and oxygen atoms in total. The summed E-state index contributed by atoms with van der Waals surface area (Å²) in [5.41, 5.74) is 0.332. The number of rotatable bonds is 0. The Balaban J connectivity index is 2.86. The van der Waals surface area contributed by atoms with Gasteiger partial charge in [-0.1, -0.05) is 0 Å². The van der Waals surface area contributed by atoms with Crippen LogP contribution >= 0.6 is 22.6 Å². The molecule has 0 aliphatic heterocycles. The third-order valence-electron chi connectivity index (χ3n) is 1.54. The summed E-state index contributed by atoms with van der Waals surface area (Å²) < 4.78 is 7.42. The Bertz CT molecular complexity index is 352. The lowest BCUT2D eigenvalue weighted by molar-refractivity contribution is 0.0533. The van der Waals surface area contributed by atoms with Crippen LogP contribution < -0.4 is 0 Å². The van der Waals surface area contributed by atoms with Gasteiger partial charge >= 0.3 is 6.09 Å². The van der Waals surface area contributed by atoms with Crippen molar-refractivity contribution in [3.8, 4) is 0 Å². The van der Waals surface area contributed by atoms with Gasteiger partial charge in [-0.25, -0.2) is 14.3 Å². The Morgan fingerprint density at radius 1 is 1.57 bits per heavy atom. The van der Waals surface area contributed by atoms with E-state index in [0.29, 0.717) is 0 Å². The summed E-state index contributed by atoms with van der Waals surface area (Å²) in [7, 11) is 0. The third kappa shape index (κ3) is 2.70. The van der Waals surface area contributed by atoms with Gasteiger partial charge in [0.25, 0.3) is 0 Å². The molecule has 14 heavy (non-hydrogen) atoms. The Kier molecular flexibility index (Phi) is 3.18. The van der Waals surface area contributed by atoms with E-state index in [1.807, 2.05) is 27.7 Å². The van der Waals surface area contributed by atoms with E-state index in [0.717, 1.165) is 9.39 Å². The molecule has 0 atom stereocenters. The van der Waals surface area contributed by atoms with Crippen LogP contribution in [0.1, 0.15) is 26.5 Å². The molecule has 5 heteroatoms. The molecule has 1 aromatic heterocycles. The molecule has 0 bridgehead atoms. The number of carbonyl (C=O) groups excluding carboxylic acids is 1. The SMILES string of the molecule is Cc1c(I)ncn1C(=O)OC(C)(C)C. The van der Waals surface area contributed by atoms with Gasteiger partial charge in [0.1, 0.15) is 15.6 Å². The summed E-state index contributed by atoms with van der Waals surface area (Å²) in [5, 5.41) is 0. The fourth-order valence-electron chi connectivity index (χ4n) is 0.883. The zero-order valence-electron chi connectivity index (χ0n) is 8.67. The van der Waals surface area contributed by atoms with Gasteiger partial charge in [-0.3, -0.25) is 0 Å². The lowest BCUT2D eigenvalue weighted by Crippen LogP contribution is -2.27. The van der Waals surface area contributed by atoms with Crippen molar-refractivity contribution in [1.82, 2.24) is 9.55 Å². The molecule has 0 spiro atoms. The average Bonchev–Trinajstić information content (AvgIpc) is 2.29. The predicted octanol–water partition coefficient (Wildman–Crippen LogP) is 2.58. The summed E-state index contributed by atoms with van der Waals surface area (Å²) >= 11 is 2.08. The van der Waals surface area contributed by atoms with Gasteiger partial charge in [0.05, 0.1) is 5.69 Å². The normalized spacial score (nSPS) is 11.5. The molecule has 0 fully saturated rings. The molecular weight excluding hydrogens is 295 g/mol. The van der Waals surface area contributed by atoms with Crippen molar-refractivity contribution >= 4 is 28.7 Å². The number of hydrogen-bond donors (Lipinski definition) is 0. The molecule has 0 aliphatic rings. The molecule has 78 valence electrons. The Morgan fingerprint density at radius 3 is 2.50 bits per heavy atom. The highest BCUT2D eigenvalue weighted by atomic mass is 127. The van der Waals surface area contributed by atoms with E-state index < -0.39 is 5.60 Å². The first kappa shape index (κ1) is 11.5. The van der Waals surface area contributed by atoms with Crippen molar-refractivity contribution in [2.45, 2.75) is 33.3 Å². The van der Waals surface area contributed by atoms with Gasteiger partial charge < -0.3 is 4.74 Å². The average molecular weight is 308 g/mol. The van der Waals surface area contributed by atoms with Crippen molar-refractivity contribution in [2.75, 3.05) is 0 Å². The quantitative estimate of drug-likeness (QED) is 0.692. The van der Waals surface area contributed by atoms with E-state index >= 15 is 0 Å². The minimum atomic E-state index is -0.473. The molecule has 0 saturated heterocycles. The molecule has 0 unspecified atom stereocenters. The first-order valence-electron chi connectivity index (χ1n) is 4.24. The van der Waals surface area contributed by atoms with Crippen LogP contribution in [-0.2, 0) is 4.74 Å². The molecule has 0 radical (unpaired) electrons. The molecule has 0 amide bonds. The fourth-order valence-corrected chi connectivity index (χ4v) is 1.27.